The smallest absolute Gasteiger partial charge is 0.407 e. The van der Waals surface area contributed by atoms with Gasteiger partial charge in [-0.1, -0.05) is 13.0 Å². The Bertz CT molecular complexity index is 296. The van der Waals surface area contributed by atoms with Gasteiger partial charge in [0.1, 0.15) is 5.60 Å². The highest BCUT2D eigenvalue weighted by atomic mass is 16.6. The molecule has 1 aliphatic heterocycles. The molecule has 17 heavy (non-hydrogen) atoms. The maximum absolute atomic E-state index is 11.4. The van der Waals surface area contributed by atoms with Crippen LogP contribution in [0.15, 0.2) is 12.7 Å². The van der Waals surface area contributed by atoms with E-state index in [1.807, 2.05) is 26.8 Å². The summed E-state index contributed by atoms with van der Waals surface area (Å²) in [6, 6.07) is 0. The van der Waals surface area contributed by atoms with E-state index in [1.54, 1.807) is 0 Å². The van der Waals surface area contributed by atoms with Gasteiger partial charge >= 0.3 is 6.09 Å². The first kappa shape index (κ1) is 14.0. The van der Waals surface area contributed by atoms with Gasteiger partial charge in [0.2, 0.25) is 0 Å². The molecule has 1 heterocycles. The zero-order chi connectivity index (χ0) is 13.1. The summed E-state index contributed by atoms with van der Waals surface area (Å²) in [5.41, 5.74) is -0.401. The molecule has 1 amide bonds. The molecule has 0 radical (unpaired) electrons. The van der Waals surface area contributed by atoms with Crippen molar-refractivity contribution in [3.05, 3.63) is 12.7 Å². The maximum atomic E-state index is 11.4. The Hall–Kier alpha value is -1.03. The van der Waals surface area contributed by atoms with Gasteiger partial charge in [0, 0.05) is 12.0 Å². The van der Waals surface area contributed by atoms with Gasteiger partial charge in [0.05, 0.1) is 12.7 Å². The van der Waals surface area contributed by atoms with Crippen molar-refractivity contribution < 1.29 is 14.3 Å². The van der Waals surface area contributed by atoms with Gasteiger partial charge < -0.3 is 14.8 Å². The first-order valence-electron chi connectivity index (χ1n) is 5.99. The molecule has 0 spiro atoms. The Morgan fingerprint density at radius 3 is 2.71 bits per heavy atom. The van der Waals surface area contributed by atoms with E-state index in [4.69, 9.17) is 9.47 Å². The summed E-state index contributed by atoms with van der Waals surface area (Å²) >= 11 is 0. The normalized spacial score (nSPS) is 28.1. The van der Waals surface area contributed by atoms with Gasteiger partial charge in [-0.2, -0.15) is 0 Å². The van der Waals surface area contributed by atoms with Crippen LogP contribution in [0, 0.1) is 5.41 Å². The second-order valence-electron chi connectivity index (χ2n) is 5.73. The van der Waals surface area contributed by atoms with Crippen molar-refractivity contribution in [1.82, 2.24) is 5.32 Å². The van der Waals surface area contributed by atoms with Gasteiger partial charge in [-0.05, 0) is 27.2 Å². The number of hydrogen-bond acceptors (Lipinski definition) is 3. The summed E-state index contributed by atoms with van der Waals surface area (Å²) in [6.45, 7) is 12.7. The minimum Gasteiger partial charge on any atom is -0.444 e. The summed E-state index contributed by atoms with van der Waals surface area (Å²) in [6.07, 6.45) is 2.48. The minimum atomic E-state index is -0.452. The third-order valence-corrected chi connectivity index (χ3v) is 2.87. The van der Waals surface area contributed by atoms with Gasteiger partial charge in [-0.3, -0.25) is 0 Å². The molecule has 1 aliphatic rings. The lowest BCUT2D eigenvalue weighted by atomic mass is 9.79. The molecule has 1 rings (SSSR count). The Morgan fingerprint density at radius 1 is 1.65 bits per heavy atom. The molecule has 0 aromatic rings. The molecule has 0 bridgehead atoms. The first-order valence-corrected chi connectivity index (χ1v) is 5.99. The first-order chi connectivity index (χ1) is 7.77. The predicted octanol–water partition coefficient (Wildman–Crippen LogP) is 2.49. The quantitative estimate of drug-likeness (QED) is 0.769. The van der Waals surface area contributed by atoms with Crippen molar-refractivity contribution in [2.75, 3.05) is 13.2 Å². The van der Waals surface area contributed by atoms with E-state index < -0.39 is 5.60 Å². The van der Waals surface area contributed by atoms with Crippen molar-refractivity contribution in [1.29, 1.82) is 0 Å². The van der Waals surface area contributed by atoms with E-state index in [0.717, 1.165) is 6.42 Å². The number of hydrogen-bond donors (Lipinski definition) is 1. The molecule has 4 nitrogen and oxygen atoms in total. The van der Waals surface area contributed by atoms with Crippen LogP contribution in [0.1, 0.15) is 34.1 Å². The third-order valence-electron chi connectivity index (χ3n) is 2.87. The van der Waals surface area contributed by atoms with E-state index in [-0.39, 0.29) is 17.6 Å². The molecular weight excluding hydrogens is 218 g/mol. The molecule has 98 valence electrons. The van der Waals surface area contributed by atoms with Crippen LogP contribution in [0.2, 0.25) is 0 Å². The summed E-state index contributed by atoms with van der Waals surface area (Å²) in [4.78, 5) is 11.4. The van der Waals surface area contributed by atoms with Crippen molar-refractivity contribution >= 4 is 6.09 Å². The largest absolute Gasteiger partial charge is 0.444 e. The van der Waals surface area contributed by atoms with Crippen molar-refractivity contribution in [3.63, 3.8) is 0 Å². The van der Waals surface area contributed by atoms with Crippen LogP contribution in [0.4, 0.5) is 4.79 Å². The predicted molar refractivity (Wildman–Crippen MR) is 66.9 cm³/mol. The molecule has 2 atom stereocenters. The van der Waals surface area contributed by atoms with E-state index in [2.05, 4.69) is 18.8 Å². The van der Waals surface area contributed by atoms with Gasteiger partial charge in [-0.15, -0.1) is 6.58 Å². The number of amides is 1. The lowest BCUT2D eigenvalue weighted by molar-refractivity contribution is -0.153. The number of carbonyl (C=O) groups excluding carboxylic acids is 1. The fourth-order valence-corrected chi connectivity index (χ4v) is 1.69. The van der Waals surface area contributed by atoms with Crippen LogP contribution in [-0.4, -0.2) is 30.9 Å². The summed E-state index contributed by atoms with van der Waals surface area (Å²) in [5.74, 6) is 0. The topological polar surface area (TPSA) is 47.6 Å². The van der Waals surface area contributed by atoms with Crippen LogP contribution in [0.25, 0.3) is 0 Å². The Morgan fingerprint density at radius 2 is 2.29 bits per heavy atom. The average molecular weight is 241 g/mol. The van der Waals surface area contributed by atoms with Gasteiger partial charge in [0.25, 0.3) is 0 Å². The lowest BCUT2D eigenvalue weighted by Crippen LogP contribution is -2.49. The van der Waals surface area contributed by atoms with Crippen molar-refractivity contribution in [2.45, 2.75) is 45.8 Å². The lowest BCUT2D eigenvalue weighted by Gasteiger charge is -2.44. The molecule has 1 saturated heterocycles. The summed E-state index contributed by atoms with van der Waals surface area (Å²) < 4.78 is 10.6. The highest BCUT2D eigenvalue weighted by Crippen LogP contribution is 2.37. The minimum absolute atomic E-state index is 0.0512. The molecule has 0 unspecified atom stereocenters. The van der Waals surface area contributed by atoms with Gasteiger partial charge in [-0.25, -0.2) is 4.79 Å². The number of rotatable bonds is 4. The van der Waals surface area contributed by atoms with E-state index in [9.17, 15) is 4.79 Å². The van der Waals surface area contributed by atoms with Crippen LogP contribution in [0.5, 0.6) is 0 Å². The number of nitrogens with one attached hydrogen (secondary N) is 1. The molecule has 0 aromatic carbocycles. The molecule has 0 aliphatic carbocycles. The molecule has 1 N–H and O–H groups in total. The van der Waals surface area contributed by atoms with Crippen molar-refractivity contribution in [2.24, 2.45) is 5.41 Å². The van der Waals surface area contributed by atoms with E-state index in [1.165, 1.54) is 0 Å². The molecule has 0 saturated carbocycles. The number of carbonyl (C=O) groups is 1. The zero-order valence-electron chi connectivity index (χ0n) is 11.2. The van der Waals surface area contributed by atoms with Crippen LogP contribution in [0.3, 0.4) is 0 Å². The number of alkyl carbamates (subject to hydrolysis) is 1. The zero-order valence-corrected chi connectivity index (χ0v) is 11.2. The fraction of sp³-hybridized carbons (Fsp3) is 0.769. The molecule has 0 aromatic heterocycles. The highest BCUT2D eigenvalue weighted by molar-refractivity contribution is 5.67. The van der Waals surface area contributed by atoms with Crippen LogP contribution >= 0.6 is 0 Å². The molecule has 4 heteroatoms. The standard InChI is InChI=1S/C13H23NO3/c1-6-13(5)9-16-10(13)7-8-14-11(15)17-12(2,3)4/h6,10H,1,7-9H2,2-5H3,(H,14,15)/t10-,13-/m1/s1. The fourth-order valence-electron chi connectivity index (χ4n) is 1.69. The Kier molecular flexibility index (Phi) is 4.20. The van der Waals surface area contributed by atoms with E-state index >= 15 is 0 Å². The Labute approximate surface area is 103 Å². The SMILES string of the molecule is C=C[C@]1(C)CO[C@@H]1CCNC(=O)OC(C)(C)C. The number of ether oxygens (including phenoxy) is 2. The second-order valence-corrected chi connectivity index (χ2v) is 5.73. The summed E-state index contributed by atoms with van der Waals surface area (Å²) in [5, 5.41) is 2.72. The average Bonchev–Trinajstić information content (AvgIpc) is 2.19. The summed E-state index contributed by atoms with van der Waals surface area (Å²) in [7, 11) is 0. The van der Waals surface area contributed by atoms with Crippen LogP contribution < -0.4 is 5.32 Å². The monoisotopic (exact) mass is 241 g/mol. The van der Waals surface area contributed by atoms with Crippen LogP contribution in [-0.2, 0) is 9.47 Å². The van der Waals surface area contributed by atoms with Gasteiger partial charge in [0.15, 0.2) is 0 Å². The van der Waals surface area contributed by atoms with E-state index in [0.29, 0.717) is 13.2 Å². The third kappa shape index (κ3) is 4.04. The second kappa shape index (κ2) is 5.08. The highest BCUT2D eigenvalue weighted by Gasteiger charge is 2.41. The Balaban J connectivity index is 2.21. The van der Waals surface area contributed by atoms with Crippen molar-refractivity contribution in [3.8, 4) is 0 Å². The molecule has 1 fully saturated rings. The molecular formula is C13H23NO3. The maximum Gasteiger partial charge on any atom is 0.407 e.